The minimum atomic E-state index is -1.71. The molecular weight excluding hydrogens is 288 g/mol. The average Bonchev–Trinajstić information content (AvgIpc) is 2.49. The number of aliphatic carboxylic acids is 1. The van der Waals surface area contributed by atoms with Crippen molar-refractivity contribution >= 4 is 5.97 Å². The maximum Gasteiger partial charge on any atom is 0.328 e. The van der Waals surface area contributed by atoms with Gasteiger partial charge in [-0.1, -0.05) is 18.2 Å². The Morgan fingerprint density at radius 2 is 2.05 bits per heavy atom. The molecule has 0 spiro atoms. The predicted octanol–water partition coefficient (Wildman–Crippen LogP) is 2.00. The van der Waals surface area contributed by atoms with Crippen LogP contribution in [0.1, 0.15) is 12.0 Å². The maximum atomic E-state index is 10.8. The number of aliphatic hydroxyl groups is 2. The third kappa shape index (κ3) is 2.96. The zero-order valence-corrected chi connectivity index (χ0v) is 11.9. The van der Waals surface area contributed by atoms with Crippen molar-refractivity contribution < 1.29 is 30.0 Å². The van der Waals surface area contributed by atoms with Crippen molar-refractivity contribution in [3.05, 3.63) is 59.4 Å². The van der Waals surface area contributed by atoms with Crippen molar-refractivity contribution in [2.75, 3.05) is 7.11 Å². The summed E-state index contributed by atoms with van der Waals surface area (Å²) in [4.78, 5) is 10.6. The quantitative estimate of drug-likeness (QED) is 0.634. The van der Waals surface area contributed by atoms with Gasteiger partial charge in [-0.05, 0) is 29.3 Å². The highest BCUT2D eigenvalue weighted by Gasteiger charge is 2.37. The molecule has 1 atom stereocenters. The van der Waals surface area contributed by atoms with Gasteiger partial charge in [-0.2, -0.15) is 0 Å². The molecule has 1 aliphatic rings. The second kappa shape index (κ2) is 5.95. The lowest BCUT2D eigenvalue weighted by Gasteiger charge is -2.31. The first-order chi connectivity index (χ1) is 10.4. The molecule has 4 N–H and O–H groups in total. The Bertz CT molecular complexity index is 686. The van der Waals surface area contributed by atoms with Crippen molar-refractivity contribution in [2.45, 2.75) is 12.0 Å². The van der Waals surface area contributed by atoms with E-state index < -0.39 is 11.6 Å². The van der Waals surface area contributed by atoms with Gasteiger partial charge >= 0.3 is 5.97 Å². The van der Waals surface area contributed by atoms with Crippen molar-refractivity contribution in [1.82, 2.24) is 0 Å². The van der Waals surface area contributed by atoms with Crippen LogP contribution >= 0.6 is 0 Å². The number of phenolic OH excluding ortho intramolecular Hbond substituents is 1. The van der Waals surface area contributed by atoms with Gasteiger partial charge in [-0.3, -0.25) is 0 Å². The Hall–Kier alpha value is -2.73. The van der Waals surface area contributed by atoms with Gasteiger partial charge in [0.2, 0.25) is 0 Å². The van der Waals surface area contributed by atoms with Crippen LogP contribution in [0.15, 0.2) is 53.8 Å². The summed E-state index contributed by atoms with van der Waals surface area (Å²) in [5.74, 6) is -1.30. The molecule has 0 aliphatic heterocycles. The number of hydrogen-bond donors (Lipinski definition) is 4. The lowest BCUT2D eigenvalue weighted by molar-refractivity contribution is -0.131. The molecule has 1 unspecified atom stereocenters. The van der Waals surface area contributed by atoms with E-state index in [9.17, 15) is 20.1 Å². The first-order valence-corrected chi connectivity index (χ1v) is 6.48. The fourth-order valence-corrected chi connectivity index (χ4v) is 2.25. The van der Waals surface area contributed by atoms with Crippen molar-refractivity contribution in [3.8, 4) is 11.5 Å². The number of carboxylic acids is 1. The molecule has 1 aromatic carbocycles. The fraction of sp³-hybridized carbons (Fsp3) is 0.188. The van der Waals surface area contributed by atoms with E-state index in [1.807, 2.05) is 0 Å². The molecule has 116 valence electrons. The van der Waals surface area contributed by atoms with Crippen LogP contribution in [0.2, 0.25) is 0 Å². The van der Waals surface area contributed by atoms with Gasteiger partial charge in [0.1, 0.15) is 5.76 Å². The van der Waals surface area contributed by atoms with E-state index in [2.05, 4.69) is 0 Å². The Morgan fingerprint density at radius 1 is 1.32 bits per heavy atom. The molecular formula is C16H16O6. The number of phenols is 1. The summed E-state index contributed by atoms with van der Waals surface area (Å²) in [6.07, 6.45) is 5.14. The molecule has 2 rings (SSSR count). The standard InChI is InChI=1S/C16H16O6/c1-22-13-8-11(4-5-12(13)17)16(21)9-10(2-6-14(16)18)3-7-15(19)20/h2-8,17-18,21H,9H2,1H3,(H,19,20). The second-order valence-corrected chi connectivity index (χ2v) is 4.89. The SMILES string of the molecule is COc1cc(C2(O)CC(C=CC(=O)O)=CC=C2O)ccc1O. The zero-order chi connectivity index (χ0) is 16.3. The minimum absolute atomic E-state index is 0.00690. The average molecular weight is 304 g/mol. The molecule has 6 nitrogen and oxygen atoms in total. The van der Waals surface area contributed by atoms with E-state index >= 15 is 0 Å². The Kier molecular flexibility index (Phi) is 4.23. The molecule has 0 radical (unpaired) electrons. The van der Waals surface area contributed by atoms with Gasteiger partial charge in [0.25, 0.3) is 0 Å². The predicted molar refractivity (Wildman–Crippen MR) is 78.7 cm³/mol. The number of methoxy groups -OCH3 is 1. The summed E-state index contributed by atoms with van der Waals surface area (Å²) in [5, 5.41) is 39.1. The third-order valence-electron chi connectivity index (χ3n) is 3.44. The topological polar surface area (TPSA) is 107 Å². The van der Waals surface area contributed by atoms with E-state index in [0.29, 0.717) is 11.1 Å². The zero-order valence-electron chi connectivity index (χ0n) is 11.9. The molecule has 6 heteroatoms. The summed E-state index contributed by atoms with van der Waals surface area (Å²) in [5.41, 5.74) is -0.853. The fourth-order valence-electron chi connectivity index (χ4n) is 2.25. The highest BCUT2D eigenvalue weighted by Crippen LogP contribution is 2.40. The monoisotopic (exact) mass is 304 g/mol. The van der Waals surface area contributed by atoms with Crippen molar-refractivity contribution in [2.24, 2.45) is 0 Å². The number of carboxylic acid groups (broad SMARTS) is 1. The highest BCUT2D eigenvalue weighted by molar-refractivity contribution is 5.80. The Balaban J connectivity index is 2.39. The van der Waals surface area contributed by atoms with Crippen molar-refractivity contribution in [3.63, 3.8) is 0 Å². The van der Waals surface area contributed by atoms with Gasteiger partial charge < -0.3 is 25.2 Å². The molecule has 0 heterocycles. The molecule has 22 heavy (non-hydrogen) atoms. The smallest absolute Gasteiger partial charge is 0.328 e. The first-order valence-electron chi connectivity index (χ1n) is 6.48. The van der Waals surface area contributed by atoms with Gasteiger partial charge in [0.15, 0.2) is 17.1 Å². The highest BCUT2D eigenvalue weighted by atomic mass is 16.5. The summed E-state index contributed by atoms with van der Waals surface area (Å²) >= 11 is 0. The third-order valence-corrected chi connectivity index (χ3v) is 3.44. The number of rotatable bonds is 4. The first kappa shape index (κ1) is 15.7. The normalized spacial score (nSPS) is 21.4. The van der Waals surface area contributed by atoms with Gasteiger partial charge in [0, 0.05) is 12.5 Å². The van der Waals surface area contributed by atoms with Crippen molar-refractivity contribution in [1.29, 1.82) is 0 Å². The maximum absolute atomic E-state index is 10.8. The number of carbonyl (C=O) groups is 1. The van der Waals surface area contributed by atoms with E-state index in [4.69, 9.17) is 9.84 Å². The molecule has 1 aromatic rings. The lowest BCUT2D eigenvalue weighted by Crippen LogP contribution is -2.30. The molecule has 0 fully saturated rings. The number of aliphatic hydroxyl groups excluding tert-OH is 1. The molecule has 1 aliphatic carbocycles. The van der Waals surface area contributed by atoms with Gasteiger partial charge in [-0.15, -0.1) is 0 Å². The number of benzene rings is 1. The summed E-state index contributed by atoms with van der Waals surface area (Å²) in [6.45, 7) is 0. The summed E-state index contributed by atoms with van der Waals surface area (Å²) in [6, 6.07) is 4.24. The largest absolute Gasteiger partial charge is 0.509 e. The van der Waals surface area contributed by atoms with Gasteiger partial charge in [0.05, 0.1) is 7.11 Å². The minimum Gasteiger partial charge on any atom is -0.509 e. The number of hydrogen-bond acceptors (Lipinski definition) is 5. The molecule has 0 bridgehead atoms. The Labute approximate surface area is 126 Å². The Morgan fingerprint density at radius 3 is 2.68 bits per heavy atom. The van der Waals surface area contributed by atoms with Crippen LogP contribution in [0.4, 0.5) is 0 Å². The summed E-state index contributed by atoms with van der Waals surface area (Å²) < 4.78 is 4.99. The summed E-state index contributed by atoms with van der Waals surface area (Å²) in [7, 11) is 1.38. The number of aromatic hydroxyl groups is 1. The van der Waals surface area contributed by atoms with E-state index in [0.717, 1.165) is 6.08 Å². The van der Waals surface area contributed by atoms with Crippen LogP contribution in [0.25, 0.3) is 0 Å². The van der Waals surface area contributed by atoms with Gasteiger partial charge in [-0.25, -0.2) is 4.79 Å². The molecule has 0 saturated heterocycles. The molecule has 0 aromatic heterocycles. The molecule has 0 amide bonds. The van der Waals surface area contributed by atoms with Crippen LogP contribution in [-0.4, -0.2) is 33.5 Å². The van der Waals surface area contributed by atoms with Crippen LogP contribution in [0.5, 0.6) is 11.5 Å². The van der Waals surface area contributed by atoms with Crippen LogP contribution in [0, 0.1) is 0 Å². The van der Waals surface area contributed by atoms with E-state index in [1.54, 1.807) is 0 Å². The molecule has 0 saturated carbocycles. The number of ether oxygens (including phenoxy) is 1. The number of allylic oxidation sites excluding steroid dienone is 3. The van der Waals surface area contributed by atoms with E-state index in [1.165, 1.54) is 43.5 Å². The van der Waals surface area contributed by atoms with Crippen LogP contribution in [-0.2, 0) is 10.4 Å². The van der Waals surface area contributed by atoms with Crippen LogP contribution in [0.3, 0.4) is 0 Å². The van der Waals surface area contributed by atoms with Crippen LogP contribution < -0.4 is 4.74 Å². The second-order valence-electron chi connectivity index (χ2n) is 4.89. The lowest BCUT2D eigenvalue weighted by atomic mass is 9.82. The van der Waals surface area contributed by atoms with E-state index in [-0.39, 0.29) is 23.7 Å².